The monoisotopic (exact) mass is 205 g/mol. The van der Waals surface area contributed by atoms with Crippen molar-refractivity contribution in [1.82, 2.24) is 15.3 Å². The number of imidazole rings is 1. The van der Waals surface area contributed by atoms with Crippen LogP contribution in [0.25, 0.3) is 0 Å². The zero-order chi connectivity index (χ0) is 10.7. The first-order valence-corrected chi connectivity index (χ1v) is 4.58. The van der Waals surface area contributed by atoms with Gasteiger partial charge in [-0.15, -0.1) is 0 Å². The van der Waals surface area contributed by atoms with Crippen molar-refractivity contribution in [2.45, 2.75) is 13.5 Å². The molecule has 2 rings (SSSR count). The predicted molar refractivity (Wildman–Crippen MR) is 53.2 cm³/mol. The first-order chi connectivity index (χ1) is 7.27. The fraction of sp³-hybridized carbons (Fsp3) is 0.200. The standard InChI is InChI=1S/C10H11N3O2/c1-7-8(2-5-15-7)10(14)13-6-9-11-3-4-12-9/h2-5H,6H2,1H3,(H,11,12)(H,13,14). The molecule has 0 atom stereocenters. The van der Waals surface area contributed by atoms with Gasteiger partial charge in [0.25, 0.3) is 5.91 Å². The number of aromatic nitrogens is 2. The Labute approximate surface area is 86.5 Å². The topological polar surface area (TPSA) is 70.9 Å². The van der Waals surface area contributed by atoms with Crippen molar-refractivity contribution in [3.63, 3.8) is 0 Å². The third-order valence-corrected chi connectivity index (χ3v) is 2.07. The molecule has 0 aliphatic rings. The number of hydrogen-bond acceptors (Lipinski definition) is 3. The smallest absolute Gasteiger partial charge is 0.255 e. The van der Waals surface area contributed by atoms with Gasteiger partial charge in [-0.2, -0.15) is 0 Å². The van der Waals surface area contributed by atoms with Crippen LogP contribution in [0.2, 0.25) is 0 Å². The number of furan rings is 1. The Balaban J connectivity index is 1.96. The predicted octanol–water partition coefficient (Wildman–Crippen LogP) is 1.24. The van der Waals surface area contributed by atoms with Gasteiger partial charge in [-0.1, -0.05) is 0 Å². The Kier molecular flexibility index (Phi) is 2.53. The summed E-state index contributed by atoms with van der Waals surface area (Å²) >= 11 is 0. The van der Waals surface area contributed by atoms with Crippen LogP contribution >= 0.6 is 0 Å². The molecule has 0 bridgehead atoms. The molecule has 2 N–H and O–H groups in total. The molecule has 0 unspecified atom stereocenters. The van der Waals surface area contributed by atoms with Crippen molar-refractivity contribution >= 4 is 5.91 Å². The molecule has 0 aromatic carbocycles. The van der Waals surface area contributed by atoms with Crippen molar-refractivity contribution in [3.05, 3.63) is 41.9 Å². The SMILES string of the molecule is Cc1occc1C(=O)NCc1ncc[nH]1. The minimum Gasteiger partial charge on any atom is -0.469 e. The van der Waals surface area contributed by atoms with E-state index >= 15 is 0 Å². The van der Waals surface area contributed by atoms with E-state index in [1.807, 2.05) is 0 Å². The number of hydrogen-bond donors (Lipinski definition) is 2. The minimum atomic E-state index is -0.155. The van der Waals surface area contributed by atoms with Crippen LogP contribution < -0.4 is 5.32 Å². The quantitative estimate of drug-likeness (QED) is 0.791. The fourth-order valence-corrected chi connectivity index (χ4v) is 1.27. The summed E-state index contributed by atoms with van der Waals surface area (Å²) < 4.78 is 5.04. The molecule has 0 fully saturated rings. The van der Waals surface area contributed by atoms with Gasteiger partial charge in [-0.05, 0) is 13.0 Å². The molecule has 2 heterocycles. The number of aromatic amines is 1. The largest absolute Gasteiger partial charge is 0.469 e. The van der Waals surface area contributed by atoms with Crippen LogP contribution in [-0.2, 0) is 6.54 Å². The van der Waals surface area contributed by atoms with Gasteiger partial charge in [-0.3, -0.25) is 4.79 Å². The van der Waals surface area contributed by atoms with E-state index in [1.54, 1.807) is 25.4 Å². The lowest BCUT2D eigenvalue weighted by Crippen LogP contribution is -2.23. The second-order valence-electron chi connectivity index (χ2n) is 3.11. The summed E-state index contributed by atoms with van der Waals surface area (Å²) in [5.74, 6) is 1.19. The van der Waals surface area contributed by atoms with Crippen molar-refractivity contribution < 1.29 is 9.21 Å². The number of carbonyl (C=O) groups excluding carboxylic acids is 1. The van der Waals surface area contributed by atoms with Crippen LogP contribution in [0.3, 0.4) is 0 Å². The zero-order valence-corrected chi connectivity index (χ0v) is 8.28. The summed E-state index contributed by atoms with van der Waals surface area (Å²) in [6.07, 6.45) is 4.85. The van der Waals surface area contributed by atoms with E-state index in [-0.39, 0.29) is 5.91 Å². The van der Waals surface area contributed by atoms with Crippen molar-refractivity contribution in [1.29, 1.82) is 0 Å². The van der Waals surface area contributed by atoms with Gasteiger partial charge in [0, 0.05) is 12.4 Å². The number of amides is 1. The molecule has 2 aromatic heterocycles. The Morgan fingerprint density at radius 1 is 1.67 bits per heavy atom. The van der Waals surface area contributed by atoms with Gasteiger partial charge in [0.15, 0.2) is 0 Å². The molecular weight excluding hydrogens is 194 g/mol. The first-order valence-electron chi connectivity index (χ1n) is 4.58. The second-order valence-corrected chi connectivity index (χ2v) is 3.11. The van der Waals surface area contributed by atoms with Gasteiger partial charge in [0.2, 0.25) is 0 Å². The Hall–Kier alpha value is -2.04. The molecule has 0 aliphatic carbocycles. The second kappa shape index (κ2) is 4.00. The van der Waals surface area contributed by atoms with E-state index in [0.717, 1.165) is 5.82 Å². The van der Waals surface area contributed by atoms with Crippen LogP contribution in [0.5, 0.6) is 0 Å². The van der Waals surface area contributed by atoms with Gasteiger partial charge in [0.1, 0.15) is 11.6 Å². The number of aryl methyl sites for hydroxylation is 1. The van der Waals surface area contributed by atoms with E-state index in [2.05, 4.69) is 15.3 Å². The van der Waals surface area contributed by atoms with E-state index in [4.69, 9.17) is 4.42 Å². The molecule has 5 nitrogen and oxygen atoms in total. The molecular formula is C10H11N3O2. The maximum absolute atomic E-state index is 11.6. The van der Waals surface area contributed by atoms with E-state index in [1.165, 1.54) is 6.26 Å². The first kappa shape index (κ1) is 9.51. The van der Waals surface area contributed by atoms with E-state index in [9.17, 15) is 4.79 Å². The molecule has 0 radical (unpaired) electrons. The van der Waals surface area contributed by atoms with Crippen molar-refractivity contribution in [3.8, 4) is 0 Å². The number of rotatable bonds is 3. The van der Waals surface area contributed by atoms with E-state index in [0.29, 0.717) is 17.9 Å². The highest BCUT2D eigenvalue weighted by Gasteiger charge is 2.10. The molecule has 0 saturated carbocycles. The normalized spacial score (nSPS) is 10.2. The summed E-state index contributed by atoms with van der Waals surface area (Å²) in [4.78, 5) is 18.5. The molecule has 78 valence electrons. The van der Waals surface area contributed by atoms with Crippen LogP contribution in [0.15, 0.2) is 29.1 Å². The van der Waals surface area contributed by atoms with Gasteiger partial charge < -0.3 is 14.7 Å². The Morgan fingerprint density at radius 3 is 3.13 bits per heavy atom. The van der Waals surface area contributed by atoms with Crippen LogP contribution in [0, 0.1) is 6.92 Å². The molecule has 1 amide bonds. The van der Waals surface area contributed by atoms with Crippen molar-refractivity contribution in [2.24, 2.45) is 0 Å². The Bertz CT molecular complexity index is 445. The molecule has 0 aliphatic heterocycles. The number of nitrogens with zero attached hydrogens (tertiary/aromatic N) is 1. The summed E-state index contributed by atoms with van der Waals surface area (Å²) in [7, 11) is 0. The lowest BCUT2D eigenvalue weighted by Gasteiger charge is -2.01. The summed E-state index contributed by atoms with van der Waals surface area (Å²) in [5.41, 5.74) is 0.557. The third-order valence-electron chi connectivity index (χ3n) is 2.07. The van der Waals surface area contributed by atoms with E-state index < -0.39 is 0 Å². The average molecular weight is 205 g/mol. The highest BCUT2D eigenvalue weighted by atomic mass is 16.3. The van der Waals surface area contributed by atoms with Crippen molar-refractivity contribution in [2.75, 3.05) is 0 Å². The Morgan fingerprint density at radius 2 is 2.53 bits per heavy atom. The molecule has 15 heavy (non-hydrogen) atoms. The van der Waals surface area contributed by atoms with Crippen LogP contribution in [-0.4, -0.2) is 15.9 Å². The maximum atomic E-state index is 11.6. The summed E-state index contributed by atoms with van der Waals surface area (Å²) in [5, 5.41) is 2.74. The number of carbonyl (C=O) groups is 1. The molecule has 5 heteroatoms. The van der Waals surface area contributed by atoms with Crippen LogP contribution in [0.1, 0.15) is 21.9 Å². The number of nitrogens with one attached hydrogen (secondary N) is 2. The maximum Gasteiger partial charge on any atom is 0.255 e. The van der Waals surface area contributed by atoms with Gasteiger partial charge >= 0.3 is 0 Å². The van der Waals surface area contributed by atoms with Gasteiger partial charge in [-0.25, -0.2) is 4.98 Å². The lowest BCUT2D eigenvalue weighted by molar-refractivity contribution is 0.0948. The molecule has 2 aromatic rings. The summed E-state index contributed by atoms with van der Waals surface area (Å²) in [6.45, 7) is 2.14. The number of H-pyrrole nitrogens is 1. The average Bonchev–Trinajstić information content (AvgIpc) is 2.84. The minimum absolute atomic E-state index is 0.155. The fourth-order valence-electron chi connectivity index (χ4n) is 1.27. The third kappa shape index (κ3) is 2.07. The van der Waals surface area contributed by atoms with Crippen LogP contribution in [0.4, 0.5) is 0 Å². The highest BCUT2D eigenvalue weighted by Crippen LogP contribution is 2.08. The zero-order valence-electron chi connectivity index (χ0n) is 8.28. The highest BCUT2D eigenvalue weighted by molar-refractivity contribution is 5.94. The molecule has 0 saturated heterocycles. The lowest BCUT2D eigenvalue weighted by atomic mass is 10.2. The molecule has 0 spiro atoms. The van der Waals surface area contributed by atoms with Gasteiger partial charge in [0.05, 0.1) is 18.4 Å². The summed E-state index contributed by atoms with van der Waals surface area (Å²) in [6, 6.07) is 1.65.